The maximum Gasteiger partial charge on any atom is 0.312 e. The minimum Gasteiger partial charge on any atom is -0.469 e. The molecule has 0 aromatic carbocycles. The Hall–Kier alpha value is -0.570. The minimum absolute atomic E-state index is 0.140. The molecular formula is C12H25NO2. The molecule has 0 N–H and O–H groups in total. The summed E-state index contributed by atoms with van der Waals surface area (Å²) >= 11 is 0. The van der Waals surface area contributed by atoms with Crippen LogP contribution in [0.2, 0.25) is 0 Å². The average Bonchev–Trinajstić information content (AvgIpc) is 2.12. The molecule has 0 aliphatic carbocycles. The summed E-state index contributed by atoms with van der Waals surface area (Å²) in [6, 6.07) is 0. The summed E-state index contributed by atoms with van der Waals surface area (Å²) in [6.07, 6.45) is 1.16. The van der Waals surface area contributed by atoms with Gasteiger partial charge in [-0.05, 0) is 39.8 Å². The SMILES string of the molecule is COC(=O)C(C)(C)CN(C)CCC(C)C. The predicted molar refractivity (Wildman–Crippen MR) is 62.7 cm³/mol. The summed E-state index contributed by atoms with van der Waals surface area (Å²) in [5, 5.41) is 0. The topological polar surface area (TPSA) is 29.5 Å². The van der Waals surface area contributed by atoms with E-state index in [0.29, 0.717) is 5.92 Å². The van der Waals surface area contributed by atoms with E-state index in [1.54, 1.807) is 0 Å². The Morgan fingerprint density at radius 2 is 1.93 bits per heavy atom. The molecule has 0 aliphatic heterocycles. The van der Waals surface area contributed by atoms with Crippen LogP contribution in [0.15, 0.2) is 0 Å². The number of ether oxygens (including phenoxy) is 1. The number of carbonyl (C=O) groups excluding carboxylic acids is 1. The zero-order chi connectivity index (χ0) is 12.1. The van der Waals surface area contributed by atoms with Crippen molar-refractivity contribution in [2.45, 2.75) is 34.1 Å². The van der Waals surface area contributed by atoms with E-state index < -0.39 is 5.41 Å². The largest absolute Gasteiger partial charge is 0.469 e. The monoisotopic (exact) mass is 215 g/mol. The van der Waals surface area contributed by atoms with E-state index in [4.69, 9.17) is 4.74 Å². The molecule has 0 aromatic heterocycles. The fourth-order valence-electron chi connectivity index (χ4n) is 1.57. The van der Waals surface area contributed by atoms with Gasteiger partial charge in [-0.25, -0.2) is 0 Å². The molecule has 0 aromatic rings. The highest BCUT2D eigenvalue weighted by Gasteiger charge is 2.29. The van der Waals surface area contributed by atoms with Crippen molar-refractivity contribution in [1.82, 2.24) is 4.90 Å². The lowest BCUT2D eigenvalue weighted by molar-refractivity contribution is -0.151. The van der Waals surface area contributed by atoms with Gasteiger partial charge in [0.05, 0.1) is 12.5 Å². The van der Waals surface area contributed by atoms with Crippen LogP contribution in [0.1, 0.15) is 34.1 Å². The van der Waals surface area contributed by atoms with Crippen LogP contribution in [-0.4, -0.2) is 38.1 Å². The normalized spacial score (nSPS) is 12.3. The van der Waals surface area contributed by atoms with Crippen LogP contribution in [0.25, 0.3) is 0 Å². The lowest BCUT2D eigenvalue weighted by Gasteiger charge is -2.28. The lowest BCUT2D eigenvalue weighted by Crippen LogP contribution is -2.38. The maximum atomic E-state index is 11.5. The number of nitrogens with zero attached hydrogens (tertiary/aromatic N) is 1. The fourth-order valence-corrected chi connectivity index (χ4v) is 1.57. The quantitative estimate of drug-likeness (QED) is 0.636. The van der Waals surface area contributed by atoms with E-state index in [1.165, 1.54) is 7.11 Å². The Kier molecular flexibility index (Phi) is 5.88. The van der Waals surface area contributed by atoms with Gasteiger partial charge < -0.3 is 9.64 Å². The first-order chi connectivity index (χ1) is 6.79. The minimum atomic E-state index is -0.416. The molecule has 0 saturated carbocycles. The second-order valence-corrected chi connectivity index (χ2v) is 5.30. The van der Waals surface area contributed by atoms with E-state index in [2.05, 4.69) is 18.7 Å². The molecule has 0 atom stereocenters. The number of carbonyl (C=O) groups is 1. The van der Waals surface area contributed by atoms with Gasteiger partial charge in [-0.15, -0.1) is 0 Å². The van der Waals surface area contributed by atoms with Crippen LogP contribution in [-0.2, 0) is 9.53 Å². The Bertz CT molecular complexity index is 200. The molecular weight excluding hydrogens is 190 g/mol. The standard InChI is InChI=1S/C12H25NO2/c1-10(2)7-8-13(5)9-12(3,4)11(14)15-6/h10H,7-9H2,1-6H3. The van der Waals surface area contributed by atoms with Crippen LogP contribution in [0, 0.1) is 11.3 Å². The van der Waals surface area contributed by atoms with Crippen LogP contribution in [0.4, 0.5) is 0 Å². The van der Waals surface area contributed by atoms with Gasteiger partial charge in [0.25, 0.3) is 0 Å². The van der Waals surface area contributed by atoms with Crippen LogP contribution < -0.4 is 0 Å². The Balaban J connectivity index is 4.04. The number of rotatable bonds is 6. The second-order valence-electron chi connectivity index (χ2n) is 5.30. The third kappa shape index (κ3) is 5.78. The van der Waals surface area contributed by atoms with E-state index in [1.807, 2.05) is 20.9 Å². The highest BCUT2D eigenvalue weighted by Crippen LogP contribution is 2.18. The molecule has 0 saturated heterocycles. The Labute approximate surface area is 93.8 Å². The van der Waals surface area contributed by atoms with Crippen molar-refractivity contribution in [1.29, 1.82) is 0 Å². The molecule has 15 heavy (non-hydrogen) atoms. The van der Waals surface area contributed by atoms with Crippen LogP contribution in [0.5, 0.6) is 0 Å². The Morgan fingerprint density at radius 3 is 2.33 bits per heavy atom. The van der Waals surface area contributed by atoms with Gasteiger partial charge in [0.15, 0.2) is 0 Å². The van der Waals surface area contributed by atoms with Crippen molar-refractivity contribution in [2.75, 3.05) is 27.2 Å². The molecule has 0 amide bonds. The summed E-state index contributed by atoms with van der Waals surface area (Å²) in [4.78, 5) is 13.6. The van der Waals surface area contributed by atoms with Gasteiger partial charge in [-0.2, -0.15) is 0 Å². The van der Waals surface area contributed by atoms with E-state index in [9.17, 15) is 4.79 Å². The van der Waals surface area contributed by atoms with Crippen molar-refractivity contribution >= 4 is 5.97 Å². The summed E-state index contributed by atoms with van der Waals surface area (Å²) in [5.41, 5.74) is -0.416. The predicted octanol–water partition coefficient (Wildman–Crippen LogP) is 2.16. The van der Waals surface area contributed by atoms with E-state index >= 15 is 0 Å². The van der Waals surface area contributed by atoms with Crippen molar-refractivity contribution in [3.05, 3.63) is 0 Å². The first-order valence-corrected chi connectivity index (χ1v) is 5.56. The first kappa shape index (κ1) is 14.4. The molecule has 0 radical (unpaired) electrons. The van der Waals surface area contributed by atoms with Gasteiger partial charge in [0, 0.05) is 6.54 Å². The third-order valence-electron chi connectivity index (χ3n) is 2.49. The van der Waals surface area contributed by atoms with Crippen molar-refractivity contribution in [2.24, 2.45) is 11.3 Å². The first-order valence-electron chi connectivity index (χ1n) is 5.56. The number of esters is 1. The van der Waals surface area contributed by atoms with Crippen molar-refractivity contribution < 1.29 is 9.53 Å². The van der Waals surface area contributed by atoms with Gasteiger partial charge in [0.1, 0.15) is 0 Å². The van der Waals surface area contributed by atoms with Crippen LogP contribution in [0.3, 0.4) is 0 Å². The fraction of sp³-hybridized carbons (Fsp3) is 0.917. The molecule has 90 valence electrons. The smallest absolute Gasteiger partial charge is 0.312 e. The van der Waals surface area contributed by atoms with E-state index in [0.717, 1.165) is 19.5 Å². The second kappa shape index (κ2) is 6.11. The number of methoxy groups -OCH3 is 1. The summed E-state index contributed by atoms with van der Waals surface area (Å²) in [7, 11) is 3.49. The van der Waals surface area contributed by atoms with E-state index in [-0.39, 0.29) is 5.97 Å². The van der Waals surface area contributed by atoms with Gasteiger partial charge in [-0.1, -0.05) is 13.8 Å². The molecule has 0 rings (SSSR count). The zero-order valence-corrected chi connectivity index (χ0v) is 11.0. The highest BCUT2D eigenvalue weighted by molar-refractivity contribution is 5.76. The van der Waals surface area contributed by atoms with Gasteiger partial charge in [0.2, 0.25) is 0 Å². The third-order valence-corrected chi connectivity index (χ3v) is 2.49. The summed E-state index contributed by atoms with van der Waals surface area (Å²) < 4.78 is 4.78. The zero-order valence-electron chi connectivity index (χ0n) is 11.0. The lowest BCUT2D eigenvalue weighted by atomic mass is 9.93. The molecule has 0 spiro atoms. The summed E-state index contributed by atoms with van der Waals surface area (Å²) in [6.45, 7) is 10.0. The molecule has 0 unspecified atom stereocenters. The van der Waals surface area contributed by atoms with Crippen LogP contribution >= 0.6 is 0 Å². The maximum absolute atomic E-state index is 11.5. The average molecular weight is 215 g/mol. The molecule has 3 nitrogen and oxygen atoms in total. The van der Waals surface area contributed by atoms with Gasteiger partial charge in [-0.3, -0.25) is 4.79 Å². The number of hydrogen-bond acceptors (Lipinski definition) is 3. The molecule has 0 fully saturated rings. The molecule has 0 heterocycles. The molecule has 0 aliphatic rings. The highest BCUT2D eigenvalue weighted by atomic mass is 16.5. The van der Waals surface area contributed by atoms with Crippen molar-refractivity contribution in [3.63, 3.8) is 0 Å². The van der Waals surface area contributed by atoms with Gasteiger partial charge >= 0.3 is 5.97 Å². The Morgan fingerprint density at radius 1 is 1.40 bits per heavy atom. The molecule has 0 bridgehead atoms. The summed E-state index contributed by atoms with van der Waals surface area (Å²) in [5.74, 6) is 0.563. The van der Waals surface area contributed by atoms with Crippen molar-refractivity contribution in [3.8, 4) is 0 Å². The number of hydrogen-bond donors (Lipinski definition) is 0. The molecule has 3 heteroatoms.